The van der Waals surface area contributed by atoms with E-state index < -0.39 is 11.2 Å². The van der Waals surface area contributed by atoms with Crippen molar-refractivity contribution in [2.75, 3.05) is 5.32 Å². The Morgan fingerprint density at radius 3 is 2.47 bits per heavy atom. The van der Waals surface area contributed by atoms with E-state index in [4.69, 9.17) is 0 Å². The lowest BCUT2D eigenvalue weighted by Gasteiger charge is -2.16. The molecule has 0 fully saturated rings. The lowest BCUT2D eigenvalue weighted by molar-refractivity contribution is 0.685. The molecule has 4 aromatic rings. The zero-order valence-corrected chi connectivity index (χ0v) is 17.8. The van der Waals surface area contributed by atoms with Gasteiger partial charge in [-0.1, -0.05) is 48.5 Å². The molecule has 0 unspecified atom stereocenters. The van der Waals surface area contributed by atoms with Gasteiger partial charge in [-0.3, -0.25) is 13.9 Å². The third kappa shape index (κ3) is 3.96. The van der Waals surface area contributed by atoms with Gasteiger partial charge in [-0.2, -0.15) is 5.26 Å². The SMILES string of the molecule is Cn1c(NCc2ccccc2-c2ccc(Cn3ccnc3)cc2)c(C#N)c(=O)n(C)c1=O. The van der Waals surface area contributed by atoms with E-state index in [1.807, 2.05) is 41.1 Å². The van der Waals surface area contributed by atoms with Crippen LogP contribution in [0.1, 0.15) is 16.7 Å². The van der Waals surface area contributed by atoms with Gasteiger partial charge in [0.1, 0.15) is 11.9 Å². The maximum Gasteiger partial charge on any atom is 0.332 e. The van der Waals surface area contributed by atoms with Crippen LogP contribution < -0.4 is 16.6 Å². The van der Waals surface area contributed by atoms with Crippen LogP contribution in [0.25, 0.3) is 11.1 Å². The molecule has 0 amide bonds. The van der Waals surface area contributed by atoms with Crippen LogP contribution in [0.15, 0.2) is 76.8 Å². The number of rotatable bonds is 6. The second kappa shape index (κ2) is 8.78. The second-order valence-corrected chi connectivity index (χ2v) is 7.48. The van der Waals surface area contributed by atoms with E-state index in [2.05, 4.69) is 34.6 Å². The number of benzene rings is 2. The van der Waals surface area contributed by atoms with Crippen molar-refractivity contribution in [1.82, 2.24) is 18.7 Å². The van der Waals surface area contributed by atoms with Crippen molar-refractivity contribution in [3.63, 3.8) is 0 Å². The molecule has 0 spiro atoms. The zero-order valence-electron chi connectivity index (χ0n) is 17.8. The second-order valence-electron chi connectivity index (χ2n) is 7.48. The van der Waals surface area contributed by atoms with Crippen molar-refractivity contribution >= 4 is 5.82 Å². The highest BCUT2D eigenvalue weighted by atomic mass is 16.2. The average molecular weight is 426 g/mol. The molecule has 1 N–H and O–H groups in total. The molecule has 2 heterocycles. The lowest BCUT2D eigenvalue weighted by atomic mass is 9.98. The largest absolute Gasteiger partial charge is 0.366 e. The molecule has 0 aliphatic heterocycles. The lowest BCUT2D eigenvalue weighted by Crippen LogP contribution is -2.39. The van der Waals surface area contributed by atoms with Gasteiger partial charge in [0.15, 0.2) is 5.56 Å². The Hall–Kier alpha value is -4.38. The summed E-state index contributed by atoms with van der Waals surface area (Å²) in [6.07, 6.45) is 5.47. The van der Waals surface area contributed by atoms with Crippen LogP contribution in [0.4, 0.5) is 5.82 Å². The number of hydrogen-bond acceptors (Lipinski definition) is 5. The smallest absolute Gasteiger partial charge is 0.332 e. The van der Waals surface area contributed by atoms with Gasteiger partial charge in [0.25, 0.3) is 5.56 Å². The van der Waals surface area contributed by atoms with E-state index in [1.165, 1.54) is 18.7 Å². The van der Waals surface area contributed by atoms with Gasteiger partial charge in [0.05, 0.1) is 6.33 Å². The number of anilines is 1. The first-order chi connectivity index (χ1) is 15.5. The van der Waals surface area contributed by atoms with Crippen molar-refractivity contribution in [1.29, 1.82) is 5.26 Å². The average Bonchev–Trinajstić information content (AvgIpc) is 3.33. The number of nitrogens with zero attached hydrogens (tertiary/aromatic N) is 5. The molecule has 160 valence electrons. The Morgan fingerprint density at radius 2 is 1.78 bits per heavy atom. The van der Waals surface area contributed by atoms with Gasteiger partial charge >= 0.3 is 5.69 Å². The Bertz CT molecular complexity index is 1410. The van der Waals surface area contributed by atoms with E-state index >= 15 is 0 Å². The summed E-state index contributed by atoms with van der Waals surface area (Å²) < 4.78 is 4.23. The normalized spacial score (nSPS) is 10.7. The summed E-state index contributed by atoms with van der Waals surface area (Å²) in [5.74, 6) is 0.214. The van der Waals surface area contributed by atoms with Gasteiger partial charge in [-0.15, -0.1) is 0 Å². The molecule has 0 saturated carbocycles. The molecule has 0 aliphatic rings. The van der Waals surface area contributed by atoms with Crippen molar-refractivity contribution in [2.45, 2.75) is 13.1 Å². The van der Waals surface area contributed by atoms with E-state index in [-0.39, 0.29) is 11.4 Å². The third-order valence-corrected chi connectivity index (χ3v) is 5.43. The summed E-state index contributed by atoms with van der Waals surface area (Å²) in [6.45, 7) is 1.10. The minimum Gasteiger partial charge on any atom is -0.366 e. The Balaban J connectivity index is 1.61. The van der Waals surface area contributed by atoms with E-state index in [0.29, 0.717) is 6.54 Å². The Labute approximate surface area is 184 Å². The number of aromatic nitrogens is 4. The molecule has 2 aromatic carbocycles. The predicted molar refractivity (Wildman–Crippen MR) is 122 cm³/mol. The maximum absolute atomic E-state index is 12.3. The predicted octanol–water partition coefficient (Wildman–Crippen LogP) is 2.48. The number of nitrogens with one attached hydrogen (secondary N) is 1. The topological polar surface area (TPSA) is 97.6 Å². The summed E-state index contributed by atoms with van der Waals surface area (Å²) in [5, 5.41) is 12.6. The van der Waals surface area contributed by atoms with Gasteiger partial charge in [0.2, 0.25) is 0 Å². The Kier molecular flexibility index (Phi) is 5.73. The van der Waals surface area contributed by atoms with Crippen molar-refractivity contribution in [3.8, 4) is 17.2 Å². The summed E-state index contributed by atoms with van der Waals surface area (Å²) in [6, 6.07) is 18.1. The fourth-order valence-electron chi connectivity index (χ4n) is 3.67. The van der Waals surface area contributed by atoms with Crippen LogP contribution in [0, 0.1) is 11.3 Å². The highest BCUT2D eigenvalue weighted by molar-refractivity contribution is 5.68. The highest BCUT2D eigenvalue weighted by Crippen LogP contribution is 2.25. The number of imidazole rings is 1. The molecule has 0 bridgehead atoms. The molecule has 32 heavy (non-hydrogen) atoms. The molecular formula is C24H22N6O2. The van der Waals surface area contributed by atoms with Crippen LogP contribution >= 0.6 is 0 Å². The molecule has 2 aromatic heterocycles. The highest BCUT2D eigenvalue weighted by Gasteiger charge is 2.15. The summed E-state index contributed by atoms with van der Waals surface area (Å²) in [5.41, 5.74) is 3.04. The third-order valence-electron chi connectivity index (χ3n) is 5.43. The first-order valence-electron chi connectivity index (χ1n) is 10.1. The molecule has 4 rings (SSSR count). The summed E-state index contributed by atoms with van der Waals surface area (Å²) >= 11 is 0. The van der Waals surface area contributed by atoms with Crippen LogP contribution in [0.3, 0.4) is 0 Å². The van der Waals surface area contributed by atoms with Gasteiger partial charge in [-0.25, -0.2) is 9.78 Å². The van der Waals surface area contributed by atoms with Crippen LogP contribution in [0.2, 0.25) is 0 Å². The Morgan fingerprint density at radius 1 is 1.03 bits per heavy atom. The van der Waals surface area contributed by atoms with Crippen molar-refractivity contribution in [3.05, 3.63) is 105 Å². The van der Waals surface area contributed by atoms with Gasteiger partial charge in [-0.05, 0) is 22.3 Å². The van der Waals surface area contributed by atoms with Crippen LogP contribution in [-0.2, 0) is 27.2 Å². The first-order valence-corrected chi connectivity index (χ1v) is 10.1. The summed E-state index contributed by atoms with van der Waals surface area (Å²) in [4.78, 5) is 28.7. The minimum absolute atomic E-state index is 0.0871. The number of hydrogen-bond donors (Lipinski definition) is 1. The fraction of sp³-hybridized carbons (Fsp3) is 0.167. The van der Waals surface area contributed by atoms with Gasteiger partial charge in [0, 0.05) is 39.6 Å². The van der Waals surface area contributed by atoms with E-state index in [1.54, 1.807) is 12.5 Å². The summed E-state index contributed by atoms with van der Waals surface area (Å²) in [7, 11) is 2.90. The van der Waals surface area contributed by atoms with E-state index in [9.17, 15) is 14.9 Å². The quantitative estimate of drug-likeness (QED) is 0.511. The first kappa shape index (κ1) is 20.9. The van der Waals surface area contributed by atoms with Crippen molar-refractivity contribution < 1.29 is 0 Å². The zero-order chi connectivity index (χ0) is 22.7. The molecule has 8 heteroatoms. The van der Waals surface area contributed by atoms with Crippen LogP contribution in [0.5, 0.6) is 0 Å². The molecule has 0 radical (unpaired) electrons. The maximum atomic E-state index is 12.3. The standard InChI is InChI=1S/C24H22N6O2/c1-28-22(21(13-25)23(31)29(2)24(28)32)27-14-19-5-3-4-6-20(19)18-9-7-17(8-10-18)15-30-12-11-26-16-30/h3-12,16,27H,14-15H2,1-2H3. The minimum atomic E-state index is -0.611. The molecular weight excluding hydrogens is 404 g/mol. The monoisotopic (exact) mass is 426 g/mol. The van der Waals surface area contributed by atoms with Crippen molar-refractivity contribution in [2.24, 2.45) is 14.1 Å². The molecule has 0 atom stereocenters. The molecule has 0 aliphatic carbocycles. The fourth-order valence-corrected chi connectivity index (χ4v) is 3.67. The van der Waals surface area contributed by atoms with Crippen LogP contribution in [-0.4, -0.2) is 18.7 Å². The number of nitriles is 1. The molecule has 0 saturated heterocycles. The van der Waals surface area contributed by atoms with E-state index in [0.717, 1.165) is 33.4 Å². The molecule has 8 nitrogen and oxygen atoms in total. The van der Waals surface area contributed by atoms with Gasteiger partial charge < -0.3 is 9.88 Å².